The van der Waals surface area contributed by atoms with Crippen LogP contribution in [0.4, 0.5) is 4.79 Å². The zero-order valence-electron chi connectivity index (χ0n) is 12.7. The number of thioether (sulfide) groups is 1. The van der Waals surface area contributed by atoms with Gasteiger partial charge in [0.05, 0.1) is 11.3 Å². The SMILES string of the molecule is CC(C)(C)NC(=O)NC(=O)CSc1ncnc2ccccc12. The molecule has 0 unspecified atom stereocenters. The highest BCUT2D eigenvalue weighted by Crippen LogP contribution is 2.23. The smallest absolute Gasteiger partial charge is 0.321 e. The van der Waals surface area contributed by atoms with E-state index in [9.17, 15) is 9.59 Å². The van der Waals surface area contributed by atoms with Gasteiger partial charge in [-0.25, -0.2) is 14.8 Å². The van der Waals surface area contributed by atoms with Gasteiger partial charge in [0.1, 0.15) is 11.4 Å². The van der Waals surface area contributed by atoms with E-state index in [1.54, 1.807) is 0 Å². The van der Waals surface area contributed by atoms with E-state index in [4.69, 9.17) is 0 Å². The standard InChI is InChI=1S/C15H18N4O2S/c1-15(2,3)19-14(21)18-12(20)8-22-13-10-6-4-5-7-11(10)16-9-17-13/h4-7,9H,8H2,1-3H3,(H2,18,19,20,21). The van der Waals surface area contributed by atoms with Crippen LogP contribution in [0.2, 0.25) is 0 Å². The molecule has 0 radical (unpaired) electrons. The minimum absolute atomic E-state index is 0.110. The van der Waals surface area contributed by atoms with Gasteiger partial charge in [-0.05, 0) is 26.8 Å². The number of nitrogens with one attached hydrogen (secondary N) is 2. The molecule has 2 N–H and O–H groups in total. The summed E-state index contributed by atoms with van der Waals surface area (Å²) in [5.74, 6) is -0.257. The van der Waals surface area contributed by atoms with Gasteiger partial charge in [0.2, 0.25) is 5.91 Å². The number of nitrogens with zero attached hydrogens (tertiary/aromatic N) is 2. The monoisotopic (exact) mass is 318 g/mol. The van der Waals surface area contributed by atoms with Crippen molar-refractivity contribution in [1.82, 2.24) is 20.6 Å². The van der Waals surface area contributed by atoms with E-state index in [-0.39, 0.29) is 17.2 Å². The van der Waals surface area contributed by atoms with Crippen LogP contribution in [-0.2, 0) is 4.79 Å². The third-order valence-electron chi connectivity index (χ3n) is 2.59. The molecule has 0 aliphatic heterocycles. The molecule has 1 aromatic carbocycles. The van der Waals surface area contributed by atoms with Gasteiger partial charge in [-0.1, -0.05) is 30.0 Å². The lowest BCUT2D eigenvalue weighted by atomic mass is 10.1. The first-order valence-corrected chi connectivity index (χ1v) is 7.78. The van der Waals surface area contributed by atoms with Crippen molar-refractivity contribution < 1.29 is 9.59 Å². The molecule has 1 heterocycles. The molecular formula is C15H18N4O2S. The largest absolute Gasteiger partial charge is 0.333 e. The van der Waals surface area contributed by atoms with Crippen LogP contribution in [0.3, 0.4) is 0 Å². The minimum Gasteiger partial charge on any atom is -0.333 e. The fourth-order valence-corrected chi connectivity index (χ4v) is 2.55. The van der Waals surface area contributed by atoms with Gasteiger partial charge in [-0.3, -0.25) is 10.1 Å². The minimum atomic E-state index is -0.495. The number of imide groups is 1. The molecule has 0 bridgehead atoms. The topological polar surface area (TPSA) is 84.0 Å². The number of aromatic nitrogens is 2. The van der Waals surface area contributed by atoms with Gasteiger partial charge in [-0.15, -0.1) is 0 Å². The first kappa shape index (κ1) is 16.2. The Bertz CT molecular complexity index is 692. The molecule has 0 aliphatic rings. The number of fused-ring (bicyclic) bond motifs is 1. The Balaban J connectivity index is 1.95. The average Bonchev–Trinajstić information content (AvgIpc) is 2.43. The van der Waals surface area contributed by atoms with Crippen molar-refractivity contribution in [2.45, 2.75) is 31.3 Å². The Hall–Kier alpha value is -2.15. The fourth-order valence-electron chi connectivity index (χ4n) is 1.76. The lowest BCUT2D eigenvalue weighted by Gasteiger charge is -2.20. The zero-order valence-corrected chi connectivity index (χ0v) is 13.5. The van der Waals surface area contributed by atoms with Crippen LogP contribution in [0.1, 0.15) is 20.8 Å². The quantitative estimate of drug-likeness (QED) is 0.670. The van der Waals surface area contributed by atoms with Gasteiger partial charge in [0.25, 0.3) is 0 Å². The Morgan fingerprint density at radius 3 is 2.64 bits per heavy atom. The van der Waals surface area contributed by atoms with Gasteiger partial charge in [0.15, 0.2) is 0 Å². The summed E-state index contributed by atoms with van der Waals surface area (Å²) in [6.45, 7) is 5.54. The van der Waals surface area contributed by atoms with E-state index in [0.29, 0.717) is 0 Å². The molecule has 0 saturated carbocycles. The third-order valence-corrected chi connectivity index (χ3v) is 3.59. The number of carbonyl (C=O) groups excluding carboxylic acids is 2. The molecule has 7 heteroatoms. The van der Waals surface area contributed by atoms with E-state index in [1.807, 2.05) is 45.0 Å². The van der Waals surface area contributed by atoms with E-state index < -0.39 is 6.03 Å². The number of para-hydroxylation sites is 1. The van der Waals surface area contributed by atoms with Crippen molar-refractivity contribution in [3.05, 3.63) is 30.6 Å². The predicted molar refractivity (Wildman–Crippen MR) is 86.7 cm³/mol. The second kappa shape index (κ2) is 6.74. The lowest BCUT2D eigenvalue weighted by Crippen LogP contribution is -2.48. The van der Waals surface area contributed by atoms with Crippen LogP contribution in [-0.4, -0.2) is 33.2 Å². The van der Waals surface area contributed by atoms with Crippen LogP contribution in [0, 0.1) is 0 Å². The number of hydrogen-bond acceptors (Lipinski definition) is 5. The molecule has 3 amide bonds. The van der Waals surface area contributed by atoms with Crippen LogP contribution >= 0.6 is 11.8 Å². The molecule has 2 rings (SSSR count). The van der Waals surface area contributed by atoms with Gasteiger partial charge < -0.3 is 5.32 Å². The van der Waals surface area contributed by atoms with Crippen LogP contribution in [0.25, 0.3) is 10.9 Å². The van der Waals surface area contributed by atoms with E-state index >= 15 is 0 Å². The summed E-state index contributed by atoms with van der Waals surface area (Å²) in [6, 6.07) is 7.09. The summed E-state index contributed by atoms with van der Waals surface area (Å²) in [5.41, 5.74) is 0.436. The molecule has 0 spiro atoms. The molecule has 6 nitrogen and oxygen atoms in total. The molecule has 0 saturated heterocycles. The number of carbonyl (C=O) groups is 2. The molecular weight excluding hydrogens is 300 g/mol. The number of rotatable bonds is 3. The molecule has 2 aromatic rings. The van der Waals surface area contributed by atoms with Gasteiger partial charge >= 0.3 is 6.03 Å². The molecule has 0 aliphatic carbocycles. The Morgan fingerprint density at radius 1 is 1.18 bits per heavy atom. The van der Waals surface area contributed by atoms with Gasteiger partial charge in [-0.2, -0.15) is 0 Å². The van der Waals surface area contributed by atoms with Crippen LogP contribution in [0.15, 0.2) is 35.6 Å². The normalized spacial score (nSPS) is 11.2. The van der Waals surface area contributed by atoms with Crippen LogP contribution in [0.5, 0.6) is 0 Å². The highest BCUT2D eigenvalue weighted by atomic mass is 32.2. The average molecular weight is 318 g/mol. The van der Waals surface area contributed by atoms with Crippen LogP contribution < -0.4 is 10.6 Å². The highest BCUT2D eigenvalue weighted by Gasteiger charge is 2.16. The second-order valence-electron chi connectivity index (χ2n) is 5.74. The van der Waals surface area contributed by atoms with Crippen molar-refractivity contribution in [3.63, 3.8) is 0 Å². The van der Waals surface area contributed by atoms with E-state index in [2.05, 4.69) is 20.6 Å². The molecule has 1 aromatic heterocycles. The van der Waals surface area contributed by atoms with Crippen molar-refractivity contribution in [2.75, 3.05) is 5.75 Å². The maximum Gasteiger partial charge on any atom is 0.321 e. The summed E-state index contributed by atoms with van der Waals surface area (Å²) in [5, 5.41) is 6.58. The molecule has 22 heavy (non-hydrogen) atoms. The zero-order chi connectivity index (χ0) is 16.2. The lowest BCUT2D eigenvalue weighted by molar-refractivity contribution is -0.117. The maximum absolute atomic E-state index is 11.8. The summed E-state index contributed by atoms with van der Waals surface area (Å²) in [7, 11) is 0. The number of hydrogen-bond donors (Lipinski definition) is 2. The van der Waals surface area contributed by atoms with E-state index in [0.717, 1.165) is 15.9 Å². The Labute approximate surface area is 133 Å². The number of benzene rings is 1. The highest BCUT2D eigenvalue weighted by molar-refractivity contribution is 8.00. The van der Waals surface area contributed by atoms with Gasteiger partial charge in [0, 0.05) is 10.9 Å². The van der Waals surface area contributed by atoms with E-state index in [1.165, 1.54) is 18.1 Å². The van der Waals surface area contributed by atoms with Crippen molar-refractivity contribution in [1.29, 1.82) is 0 Å². The summed E-state index contributed by atoms with van der Waals surface area (Å²) in [6.07, 6.45) is 1.47. The second-order valence-corrected chi connectivity index (χ2v) is 6.70. The summed E-state index contributed by atoms with van der Waals surface area (Å²) >= 11 is 1.27. The Kier molecular flexibility index (Phi) is 4.97. The maximum atomic E-state index is 11.8. The predicted octanol–water partition coefficient (Wildman–Crippen LogP) is 2.35. The first-order valence-electron chi connectivity index (χ1n) is 6.80. The summed E-state index contributed by atoms with van der Waals surface area (Å²) < 4.78 is 0. The van der Waals surface area contributed by atoms with Crippen molar-refractivity contribution >= 4 is 34.6 Å². The third kappa shape index (κ3) is 4.70. The fraction of sp³-hybridized carbons (Fsp3) is 0.333. The van der Waals surface area contributed by atoms with Crippen molar-refractivity contribution in [3.8, 4) is 0 Å². The Morgan fingerprint density at radius 2 is 1.91 bits per heavy atom. The van der Waals surface area contributed by atoms with Crippen molar-refractivity contribution in [2.24, 2.45) is 0 Å². The number of amides is 3. The summed E-state index contributed by atoms with van der Waals surface area (Å²) in [4.78, 5) is 31.8. The molecule has 0 atom stereocenters. The first-order chi connectivity index (χ1) is 10.3. The molecule has 0 fully saturated rings. The molecule has 116 valence electrons. The number of urea groups is 1.